The molecule has 5 heteroatoms. The van der Waals surface area contributed by atoms with E-state index in [1.807, 2.05) is 49.4 Å². The maximum absolute atomic E-state index is 6.22. The molecule has 5 nitrogen and oxygen atoms in total. The number of ether oxygens (including phenoxy) is 5. The summed E-state index contributed by atoms with van der Waals surface area (Å²) in [5.41, 5.74) is 2.22. The molecule has 0 saturated carbocycles. The summed E-state index contributed by atoms with van der Waals surface area (Å²) in [6.45, 7) is 3.03. The highest BCUT2D eigenvalue weighted by Gasteiger charge is 2.38. The second-order valence-corrected chi connectivity index (χ2v) is 6.70. The summed E-state index contributed by atoms with van der Waals surface area (Å²) in [5, 5.41) is 0. The average molecular weight is 372 g/mol. The molecule has 0 bridgehead atoms. The maximum Gasteiger partial charge on any atom is 0.160 e. The van der Waals surface area contributed by atoms with Gasteiger partial charge in [-0.1, -0.05) is 42.5 Å². The molecule has 1 saturated heterocycles. The molecular weight excluding hydrogens is 344 g/mol. The summed E-state index contributed by atoms with van der Waals surface area (Å²) in [6.07, 6.45) is -0.0266. The summed E-state index contributed by atoms with van der Waals surface area (Å²) in [7, 11) is 3.32. The first-order valence-corrected chi connectivity index (χ1v) is 9.28. The van der Waals surface area contributed by atoms with Crippen molar-refractivity contribution < 1.29 is 23.7 Å². The van der Waals surface area contributed by atoms with Gasteiger partial charge < -0.3 is 23.7 Å². The van der Waals surface area contributed by atoms with Gasteiger partial charge in [0, 0.05) is 13.5 Å². The lowest BCUT2D eigenvalue weighted by molar-refractivity contribution is -0.259. The standard InChI is InChI=1S/C22H28O5/c1-16-22(26-15-17-7-5-4-6-8-17)20(13-21(24-3)27-16)25-14-18-9-11-19(23-2)12-10-18/h4-12,16,20-22H,13-15H2,1-3H3/t16-,20-,21-,22+/m0/s1. The minimum absolute atomic E-state index is 0.107. The predicted octanol–water partition coefficient (Wildman–Crippen LogP) is 3.95. The lowest BCUT2D eigenvalue weighted by Gasteiger charge is -2.39. The van der Waals surface area contributed by atoms with E-state index >= 15 is 0 Å². The lowest BCUT2D eigenvalue weighted by Crippen LogP contribution is -2.49. The van der Waals surface area contributed by atoms with E-state index in [1.165, 1.54) is 0 Å². The van der Waals surface area contributed by atoms with Crippen LogP contribution in [-0.2, 0) is 32.2 Å². The average Bonchev–Trinajstić information content (AvgIpc) is 2.72. The Morgan fingerprint density at radius 2 is 1.56 bits per heavy atom. The number of hydrogen-bond donors (Lipinski definition) is 0. The minimum atomic E-state index is -0.280. The Morgan fingerprint density at radius 3 is 2.22 bits per heavy atom. The van der Waals surface area contributed by atoms with Crippen LogP contribution in [0.4, 0.5) is 0 Å². The van der Waals surface area contributed by atoms with E-state index in [1.54, 1.807) is 14.2 Å². The Balaban J connectivity index is 1.63. The van der Waals surface area contributed by atoms with Gasteiger partial charge in [0.25, 0.3) is 0 Å². The Kier molecular flexibility index (Phi) is 7.24. The Morgan fingerprint density at radius 1 is 0.889 bits per heavy atom. The van der Waals surface area contributed by atoms with Crippen LogP contribution in [0.5, 0.6) is 5.75 Å². The highest BCUT2D eigenvalue weighted by molar-refractivity contribution is 5.26. The fourth-order valence-electron chi connectivity index (χ4n) is 3.25. The topological polar surface area (TPSA) is 46.2 Å². The molecule has 4 atom stereocenters. The number of rotatable bonds is 8. The van der Waals surface area contributed by atoms with Gasteiger partial charge in [-0.25, -0.2) is 0 Å². The van der Waals surface area contributed by atoms with Gasteiger partial charge >= 0.3 is 0 Å². The summed E-state index contributed by atoms with van der Waals surface area (Å²) in [6, 6.07) is 18.0. The quantitative estimate of drug-likeness (QED) is 0.702. The zero-order valence-electron chi connectivity index (χ0n) is 16.2. The molecule has 27 heavy (non-hydrogen) atoms. The van der Waals surface area contributed by atoms with Crippen molar-refractivity contribution in [2.45, 2.75) is 51.2 Å². The molecule has 0 spiro atoms. The second-order valence-electron chi connectivity index (χ2n) is 6.70. The van der Waals surface area contributed by atoms with E-state index in [0.29, 0.717) is 19.6 Å². The van der Waals surface area contributed by atoms with Gasteiger partial charge in [-0.05, 0) is 30.2 Å². The number of benzene rings is 2. The van der Waals surface area contributed by atoms with Gasteiger partial charge in [-0.3, -0.25) is 0 Å². The highest BCUT2D eigenvalue weighted by atomic mass is 16.7. The van der Waals surface area contributed by atoms with E-state index in [9.17, 15) is 0 Å². The molecule has 0 aliphatic carbocycles. The van der Waals surface area contributed by atoms with E-state index in [0.717, 1.165) is 16.9 Å². The smallest absolute Gasteiger partial charge is 0.160 e. The van der Waals surface area contributed by atoms with Gasteiger partial charge in [0.15, 0.2) is 6.29 Å². The Labute approximate surface area is 161 Å². The van der Waals surface area contributed by atoms with E-state index in [2.05, 4.69) is 12.1 Å². The molecule has 2 aromatic rings. The summed E-state index contributed by atoms with van der Waals surface area (Å²) in [4.78, 5) is 0. The van der Waals surface area contributed by atoms with Crippen molar-refractivity contribution in [3.63, 3.8) is 0 Å². The fraction of sp³-hybridized carbons (Fsp3) is 0.455. The molecule has 0 N–H and O–H groups in total. The van der Waals surface area contributed by atoms with Crippen LogP contribution in [-0.4, -0.2) is 38.8 Å². The molecule has 0 amide bonds. The first kappa shape index (κ1) is 19.8. The van der Waals surface area contributed by atoms with Gasteiger partial charge in [0.1, 0.15) is 11.9 Å². The number of methoxy groups -OCH3 is 2. The third-order valence-electron chi connectivity index (χ3n) is 4.79. The largest absolute Gasteiger partial charge is 0.497 e. The second kappa shape index (κ2) is 9.85. The minimum Gasteiger partial charge on any atom is -0.497 e. The van der Waals surface area contributed by atoms with E-state index in [4.69, 9.17) is 23.7 Å². The normalized spacial score (nSPS) is 25.3. The monoisotopic (exact) mass is 372 g/mol. The zero-order valence-corrected chi connectivity index (χ0v) is 16.2. The summed E-state index contributed by atoms with van der Waals surface area (Å²) >= 11 is 0. The van der Waals surface area contributed by atoms with Crippen LogP contribution in [0.25, 0.3) is 0 Å². The molecule has 0 radical (unpaired) electrons. The van der Waals surface area contributed by atoms with Crippen LogP contribution in [0.3, 0.4) is 0 Å². The van der Waals surface area contributed by atoms with Gasteiger partial charge in [-0.15, -0.1) is 0 Å². The van der Waals surface area contributed by atoms with E-state index < -0.39 is 0 Å². The SMILES string of the molecule is COc1ccc(CO[C@H]2C[C@@H](OC)O[C@@H](C)[C@H]2OCc2ccccc2)cc1. The van der Waals surface area contributed by atoms with Gasteiger partial charge in [-0.2, -0.15) is 0 Å². The predicted molar refractivity (Wildman–Crippen MR) is 103 cm³/mol. The molecule has 1 fully saturated rings. The Hall–Kier alpha value is -1.92. The third-order valence-corrected chi connectivity index (χ3v) is 4.79. The molecule has 146 valence electrons. The van der Waals surface area contributed by atoms with Crippen LogP contribution in [0.2, 0.25) is 0 Å². The highest BCUT2D eigenvalue weighted by Crippen LogP contribution is 2.27. The lowest BCUT2D eigenvalue weighted by atomic mass is 10.0. The number of hydrogen-bond acceptors (Lipinski definition) is 5. The van der Waals surface area contributed by atoms with Crippen LogP contribution < -0.4 is 4.74 Å². The summed E-state index contributed by atoms with van der Waals surface area (Å²) < 4.78 is 28.9. The first-order chi connectivity index (χ1) is 13.2. The Bertz CT molecular complexity index is 673. The molecule has 0 aromatic heterocycles. The van der Waals surface area contributed by atoms with Crippen molar-refractivity contribution in [2.75, 3.05) is 14.2 Å². The molecule has 1 aliphatic heterocycles. The molecule has 1 heterocycles. The van der Waals surface area contributed by atoms with Crippen molar-refractivity contribution in [3.05, 3.63) is 65.7 Å². The third kappa shape index (κ3) is 5.53. The van der Waals surface area contributed by atoms with Crippen molar-refractivity contribution >= 4 is 0 Å². The van der Waals surface area contributed by atoms with Gasteiger partial charge in [0.05, 0.1) is 32.5 Å². The molecule has 2 aromatic carbocycles. The van der Waals surface area contributed by atoms with Crippen molar-refractivity contribution in [1.82, 2.24) is 0 Å². The van der Waals surface area contributed by atoms with E-state index in [-0.39, 0.29) is 24.6 Å². The van der Waals surface area contributed by atoms with Crippen molar-refractivity contribution in [1.29, 1.82) is 0 Å². The van der Waals surface area contributed by atoms with Crippen LogP contribution in [0.15, 0.2) is 54.6 Å². The van der Waals surface area contributed by atoms with Crippen molar-refractivity contribution in [3.8, 4) is 5.75 Å². The molecule has 0 unspecified atom stereocenters. The zero-order chi connectivity index (χ0) is 19.1. The van der Waals surface area contributed by atoms with Gasteiger partial charge in [0.2, 0.25) is 0 Å². The van der Waals surface area contributed by atoms with Crippen LogP contribution in [0, 0.1) is 0 Å². The van der Waals surface area contributed by atoms with Crippen molar-refractivity contribution in [2.24, 2.45) is 0 Å². The maximum atomic E-state index is 6.22. The van der Waals surface area contributed by atoms with Crippen LogP contribution in [0.1, 0.15) is 24.5 Å². The fourth-order valence-corrected chi connectivity index (χ4v) is 3.25. The van der Waals surface area contributed by atoms with Crippen LogP contribution >= 0.6 is 0 Å². The molecular formula is C22H28O5. The first-order valence-electron chi connectivity index (χ1n) is 9.28. The molecule has 3 rings (SSSR count). The molecule has 1 aliphatic rings. The summed E-state index contributed by atoms with van der Waals surface area (Å²) in [5.74, 6) is 0.835.